The van der Waals surface area contributed by atoms with Gasteiger partial charge in [0.05, 0.1) is 4.88 Å². The van der Waals surface area contributed by atoms with Gasteiger partial charge in [-0.2, -0.15) is 0 Å². The van der Waals surface area contributed by atoms with Crippen LogP contribution in [0, 0.1) is 12.8 Å². The molecule has 4 nitrogen and oxygen atoms in total. The highest BCUT2D eigenvalue weighted by Gasteiger charge is 2.25. The summed E-state index contributed by atoms with van der Waals surface area (Å²) in [4.78, 5) is 14.3. The molecule has 0 N–H and O–H groups in total. The van der Waals surface area contributed by atoms with E-state index in [1.54, 1.807) is 18.4 Å². The standard InChI is InChI=1S/C12H15N3OS/c1-8-3-6-10(17-8)11-13-14(2)12(16)15(11)7-9-4-5-9/h3,6,9H,4-5,7H2,1-2H3. The van der Waals surface area contributed by atoms with Crippen LogP contribution in [0.3, 0.4) is 0 Å². The number of aryl methyl sites for hydroxylation is 2. The van der Waals surface area contributed by atoms with Gasteiger partial charge in [-0.1, -0.05) is 0 Å². The molecule has 1 saturated carbocycles. The van der Waals surface area contributed by atoms with Crippen LogP contribution in [0.1, 0.15) is 17.7 Å². The number of aromatic nitrogens is 3. The highest BCUT2D eigenvalue weighted by Crippen LogP contribution is 2.32. The van der Waals surface area contributed by atoms with Crippen LogP contribution in [-0.4, -0.2) is 14.3 Å². The Balaban J connectivity index is 2.08. The van der Waals surface area contributed by atoms with Crippen LogP contribution in [0.15, 0.2) is 16.9 Å². The van der Waals surface area contributed by atoms with E-state index in [2.05, 4.69) is 18.1 Å². The first-order chi connectivity index (χ1) is 8.15. The zero-order chi connectivity index (χ0) is 12.0. The van der Waals surface area contributed by atoms with Gasteiger partial charge in [0.25, 0.3) is 0 Å². The summed E-state index contributed by atoms with van der Waals surface area (Å²) in [6.07, 6.45) is 2.48. The third-order valence-electron chi connectivity index (χ3n) is 3.11. The zero-order valence-electron chi connectivity index (χ0n) is 10.0. The van der Waals surface area contributed by atoms with Crippen molar-refractivity contribution >= 4 is 11.3 Å². The van der Waals surface area contributed by atoms with Gasteiger partial charge in [0, 0.05) is 18.5 Å². The fraction of sp³-hybridized carbons (Fsp3) is 0.500. The van der Waals surface area contributed by atoms with Crippen molar-refractivity contribution in [3.63, 3.8) is 0 Å². The average Bonchev–Trinajstić information content (AvgIpc) is 2.95. The number of hydrogen-bond donors (Lipinski definition) is 0. The quantitative estimate of drug-likeness (QED) is 0.835. The fourth-order valence-corrected chi connectivity index (χ4v) is 2.83. The molecule has 0 amide bonds. The van der Waals surface area contributed by atoms with Crippen LogP contribution >= 0.6 is 11.3 Å². The van der Waals surface area contributed by atoms with E-state index >= 15 is 0 Å². The zero-order valence-corrected chi connectivity index (χ0v) is 10.8. The van der Waals surface area contributed by atoms with E-state index in [0.717, 1.165) is 17.2 Å². The molecule has 0 aromatic carbocycles. The topological polar surface area (TPSA) is 39.8 Å². The molecule has 5 heteroatoms. The molecule has 0 bridgehead atoms. The first-order valence-electron chi connectivity index (χ1n) is 5.86. The lowest BCUT2D eigenvalue weighted by Crippen LogP contribution is -2.23. The van der Waals surface area contributed by atoms with Gasteiger partial charge in [0.1, 0.15) is 0 Å². The van der Waals surface area contributed by atoms with Crippen LogP contribution in [-0.2, 0) is 13.6 Å². The molecule has 2 aromatic heterocycles. The normalized spacial score (nSPS) is 15.4. The van der Waals surface area contributed by atoms with Crippen LogP contribution in [0.25, 0.3) is 10.7 Å². The monoisotopic (exact) mass is 249 g/mol. The molecule has 1 aliphatic rings. The summed E-state index contributed by atoms with van der Waals surface area (Å²) in [5.41, 5.74) is -0.00190. The van der Waals surface area contributed by atoms with Gasteiger partial charge in [-0.25, -0.2) is 9.48 Å². The lowest BCUT2D eigenvalue weighted by Gasteiger charge is -2.01. The molecule has 1 aliphatic carbocycles. The van der Waals surface area contributed by atoms with Crippen molar-refractivity contribution in [2.24, 2.45) is 13.0 Å². The summed E-state index contributed by atoms with van der Waals surface area (Å²) in [7, 11) is 1.72. The lowest BCUT2D eigenvalue weighted by atomic mass is 10.4. The Morgan fingerprint density at radius 1 is 1.47 bits per heavy atom. The molecular formula is C12H15N3OS. The minimum atomic E-state index is -0.00190. The van der Waals surface area contributed by atoms with Gasteiger partial charge in [-0.05, 0) is 37.8 Å². The molecule has 0 spiro atoms. The Labute approximate surface area is 104 Å². The highest BCUT2D eigenvalue weighted by atomic mass is 32.1. The predicted octanol–water partition coefficient (Wildman–Crippen LogP) is 2.03. The molecular weight excluding hydrogens is 234 g/mol. The van der Waals surface area contributed by atoms with Crippen molar-refractivity contribution in [3.8, 4) is 10.7 Å². The third-order valence-corrected chi connectivity index (χ3v) is 4.10. The molecule has 0 saturated heterocycles. The van der Waals surface area contributed by atoms with Crippen molar-refractivity contribution in [3.05, 3.63) is 27.5 Å². The van der Waals surface area contributed by atoms with E-state index in [1.165, 1.54) is 22.4 Å². The maximum Gasteiger partial charge on any atom is 0.345 e. The SMILES string of the molecule is Cc1ccc(-c2nn(C)c(=O)n2CC2CC2)s1. The van der Waals surface area contributed by atoms with Crippen molar-refractivity contribution in [1.29, 1.82) is 0 Å². The van der Waals surface area contributed by atoms with E-state index in [0.29, 0.717) is 5.92 Å². The van der Waals surface area contributed by atoms with Crippen molar-refractivity contribution < 1.29 is 0 Å². The summed E-state index contributed by atoms with van der Waals surface area (Å²) in [6, 6.07) is 4.12. The molecule has 1 fully saturated rings. The Hall–Kier alpha value is -1.36. The number of hydrogen-bond acceptors (Lipinski definition) is 3. The number of nitrogens with zero attached hydrogens (tertiary/aromatic N) is 3. The second-order valence-corrected chi connectivity index (χ2v) is 5.98. The van der Waals surface area contributed by atoms with E-state index in [4.69, 9.17) is 0 Å². The molecule has 3 rings (SSSR count). The van der Waals surface area contributed by atoms with Gasteiger partial charge in [-0.15, -0.1) is 16.4 Å². The molecule has 0 radical (unpaired) electrons. The highest BCUT2D eigenvalue weighted by molar-refractivity contribution is 7.15. The second kappa shape index (κ2) is 3.84. The second-order valence-electron chi connectivity index (χ2n) is 4.69. The van der Waals surface area contributed by atoms with E-state index in [-0.39, 0.29) is 5.69 Å². The third kappa shape index (κ3) is 1.95. The Morgan fingerprint density at radius 3 is 2.82 bits per heavy atom. The molecule has 2 heterocycles. The summed E-state index contributed by atoms with van der Waals surface area (Å²) < 4.78 is 3.26. The first-order valence-corrected chi connectivity index (χ1v) is 6.67. The van der Waals surface area contributed by atoms with Gasteiger partial charge < -0.3 is 0 Å². The van der Waals surface area contributed by atoms with Gasteiger partial charge >= 0.3 is 5.69 Å². The summed E-state index contributed by atoms with van der Waals surface area (Å²) in [5, 5.41) is 4.35. The van der Waals surface area contributed by atoms with Gasteiger partial charge in [-0.3, -0.25) is 4.57 Å². The van der Waals surface area contributed by atoms with Gasteiger partial charge in [0.15, 0.2) is 5.82 Å². The van der Waals surface area contributed by atoms with Crippen LogP contribution in [0.2, 0.25) is 0 Å². The number of rotatable bonds is 3. The van der Waals surface area contributed by atoms with E-state index in [9.17, 15) is 4.79 Å². The molecule has 17 heavy (non-hydrogen) atoms. The van der Waals surface area contributed by atoms with Crippen molar-refractivity contribution in [2.75, 3.05) is 0 Å². The maximum absolute atomic E-state index is 12.0. The minimum Gasteiger partial charge on any atom is -0.274 e. The largest absolute Gasteiger partial charge is 0.345 e. The van der Waals surface area contributed by atoms with Crippen molar-refractivity contribution in [1.82, 2.24) is 14.3 Å². The maximum atomic E-state index is 12.0. The van der Waals surface area contributed by atoms with Gasteiger partial charge in [0.2, 0.25) is 0 Å². The molecule has 0 unspecified atom stereocenters. The Morgan fingerprint density at radius 2 is 2.24 bits per heavy atom. The van der Waals surface area contributed by atoms with E-state index < -0.39 is 0 Å². The average molecular weight is 249 g/mol. The molecule has 2 aromatic rings. The number of thiophene rings is 1. The minimum absolute atomic E-state index is 0.00190. The Kier molecular flexibility index (Phi) is 2.43. The summed E-state index contributed by atoms with van der Waals surface area (Å²) in [6.45, 7) is 2.89. The summed E-state index contributed by atoms with van der Waals surface area (Å²) in [5.74, 6) is 1.50. The van der Waals surface area contributed by atoms with Crippen LogP contribution in [0.5, 0.6) is 0 Å². The predicted molar refractivity (Wildman–Crippen MR) is 68.2 cm³/mol. The summed E-state index contributed by atoms with van der Waals surface area (Å²) >= 11 is 1.69. The first kappa shape index (κ1) is 10.8. The fourth-order valence-electron chi connectivity index (χ4n) is 1.96. The lowest BCUT2D eigenvalue weighted by molar-refractivity contribution is 0.597. The smallest absolute Gasteiger partial charge is 0.274 e. The molecule has 0 atom stereocenters. The van der Waals surface area contributed by atoms with Crippen LogP contribution < -0.4 is 5.69 Å². The molecule has 0 aliphatic heterocycles. The van der Waals surface area contributed by atoms with Crippen LogP contribution in [0.4, 0.5) is 0 Å². The van der Waals surface area contributed by atoms with E-state index in [1.807, 2.05) is 10.6 Å². The molecule has 90 valence electrons. The Bertz CT molecular complexity index is 604. The van der Waals surface area contributed by atoms with Crippen molar-refractivity contribution in [2.45, 2.75) is 26.3 Å².